The van der Waals surface area contributed by atoms with Crippen molar-refractivity contribution in [2.45, 2.75) is 63.3 Å². The monoisotopic (exact) mass is 633 g/mol. The van der Waals surface area contributed by atoms with E-state index in [0.29, 0.717) is 35.5 Å². The number of pyridine rings is 2. The van der Waals surface area contributed by atoms with Crippen molar-refractivity contribution in [1.82, 2.24) is 24.4 Å². The Balaban J connectivity index is 0.908. The Hall–Kier alpha value is -4.17. The number of aliphatic hydroxyl groups excluding tert-OH is 1. The van der Waals surface area contributed by atoms with E-state index in [4.69, 9.17) is 9.47 Å². The molecule has 244 valence electrons. The number of aliphatic hydroxyl groups is 1. The van der Waals surface area contributed by atoms with Gasteiger partial charge in [0, 0.05) is 74.9 Å². The molecule has 8 rings (SSSR count). The van der Waals surface area contributed by atoms with Crippen LogP contribution in [0, 0.1) is 16.7 Å². The molecule has 4 fully saturated rings. The van der Waals surface area contributed by atoms with Crippen LogP contribution in [0.15, 0.2) is 61.1 Å². The summed E-state index contributed by atoms with van der Waals surface area (Å²) in [6.07, 6.45) is 11.7. The lowest BCUT2D eigenvalue weighted by molar-refractivity contribution is -0.0240. The highest BCUT2D eigenvalue weighted by molar-refractivity contribution is 5.85. The van der Waals surface area contributed by atoms with Crippen molar-refractivity contribution >= 4 is 11.2 Å². The highest BCUT2D eigenvalue weighted by Gasteiger charge is 2.44. The number of ether oxygens (including phenoxy) is 2. The molecule has 0 saturated carbocycles. The van der Waals surface area contributed by atoms with Gasteiger partial charge in [-0.1, -0.05) is 18.2 Å². The molecule has 3 atom stereocenters. The minimum absolute atomic E-state index is 0.162. The molecule has 4 saturated heterocycles. The molecule has 47 heavy (non-hydrogen) atoms. The van der Waals surface area contributed by atoms with Gasteiger partial charge in [-0.25, -0.2) is 9.50 Å². The number of fused-ring (bicyclic) bond motifs is 3. The zero-order valence-electron chi connectivity index (χ0n) is 27.1. The van der Waals surface area contributed by atoms with Crippen LogP contribution in [0.25, 0.3) is 16.6 Å². The number of hydrogen-bond acceptors (Lipinski definition) is 9. The fourth-order valence-corrected chi connectivity index (χ4v) is 8.66. The third-order valence-electron chi connectivity index (χ3n) is 11.1. The Morgan fingerprint density at radius 1 is 1.02 bits per heavy atom. The first-order chi connectivity index (χ1) is 23.0. The maximum absolute atomic E-state index is 10.2. The summed E-state index contributed by atoms with van der Waals surface area (Å²) >= 11 is 0. The van der Waals surface area contributed by atoms with E-state index in [1.807, 2.05) is 18.5 Å². The standard InChI is InChI=1S/C37H43N7O3/c1-46-35-9-2-26(20-39-35)22-41-24-37(25-41)10-12-42(13-11-37)29-5-3-27(4-6-29)34-18-33(23-44-36(34)28(19-38)21-40-44)47-15-14-43-30-7-8-31(43)17-32(45)16-30/h2-6,9,18,20-21,23,30-32,45H,7-8,10-17,22,24-25H2,1H3/t30-,31+,32?. The summed E-state index contributed by atoms with van der Waals surface area (Å²) in [5.74, 6) is 1.40. The number of anilines is 1. The van der Waals surface area contributed by atoms with E-state index in [1.165, 1.54) is 36.9 Å². The topological polar surface area (TPSA) is 102 Å². The molecular weight excluding hydrogens is 590 g/mol. The Morgan fingerprint density at radius 3 is 2.47 bits per heavy atom. The summed E-state index contributed by atoms with van der Waals surface area (Å²) in [6.45, 7) is 6.78. The number of rotatable bonds is 9. The number of nitrogens with zero attached hydrogens (tertiary/aromatic N) is 7. The van der Waals surface area contributed by atoms with Gasteiger partial charge in [0.15, 0.2) is 0 Å². The number of hydrogen-bond donors (Lipinski definition) is 1. The minimum atomic E-state index is -0.162. The van der Waals surface area contributed by atoms with Gasteiger partial charge < -0.3 is 19.5 Å². The van der Waals surface area contributed by atoms with Crippen LogP contribution in [0.1, 0.15) is 49.7 Å². The van der Waals surface area contributed by atoms with E-state index < -0.39 is 0 Å². The van der Waals surface area contributed by atoms with Gasteiger partial charge in [-0.05, 0) is 73.3 Å². The average Bonchev–Trinajstić information content (AvgIpc) is 3.61. The first-order valence-corrected chi connectivity index (χ1v) is 17.0. The van der Waals surface area contributed by atoms with E-state index in [-0.39, 0.29) is 6.10 Å². The summed E-state index contributed by atoms with van der Waals surface area (Å²) in [5.41, 5.74) is 6.24. The number of benzene rings is 1. The van der Waals surface area contributed by atoms with Gasteiger partial charge in [0.05, 0.1) is 36.7 Å². The molecule has 2 bridgehead atoms. The first kappa shape index (κ1) is 30.2. The highest BCUT2D eigenvalue weighted by atomic mass is 16.5. The Bertz CT molecular complexity index is 1740. The molecule has 4 aliphatic heterocycles. The van der Waals surface area contributed by atoms with Gasteiger partial charge in [-0.3, -0.25) is 9.80 Å². The lowest BCUT2D eigenvalue weighted by atomic mass is 9.72. The molecule has 0 radical (unpaired) electrons. The largest absolute Gasteiger partial charge is 0.491 e. The molecule has 10 nitrogen and oxygen atoms in total. The van der Waals surface area contributed by atoms with Crippen LogP contribution in [0.4, 0.5) is 5.69 Å². The zero-order valence-corrected chi connectivity index (χ0v) is 27.1. The van der Waals surface area contributed by atoms with E-state index >= 15 is 0 Å². The van der Waals surface area contributed by atoms with Gasteiger partial charge in [0.1, 0.15) is 18.4 Å². The smallest absolute Gasteiger partial charge is 0.212 e. The van der Waals surface area contributed by atoms with Crippen molar-refractivity contribution in [1.29, 1.82) is 5.26 Å². The number of piperidine rings is 2. The predicted molar refractivity (Wildman–Crippen MR) is 180 cm³/mol. The second-order valence-electron chi connectivity index (χ2n) is 14.0. The molecule has 0 amide bonds. The van der Waals surface area contributed by atoms with Crippen LogP contribution < -0.4 is 14.4 Å². The molecular formula is C37H43N7O3. The molecule has 1 N–H and O–H groups in total. The average molecular weight is 634 g/mol. The third-order valence-corrected chi connectivity index (χ3v) is 11.1. The van der Waals surface area contributed by atoms with Crippen molar-refractivity contribution < 1.29 is 14.6 Å². The fourth-order valence-electron chi connectivity index (χ4n) is 8.66. The third kappa shape index (κ3) is 5.93. The van der Waals surface area contributed by atoms with Crippen LogP contribution >= 0.6 is 0 Å². The predicted octanol–water partition coefficient (Wildman–Crippen LogP) is 4.75. The zero-order chi connectivity index (χ0) is 32.0. The van der Waals surface area contributed by atoms with E-state index in [2.05, 4.69) is 67.2 Å². The quantitative estimate of drug-likeness (QED) is 0.280. The molecule has 1 aromatic carbocycles. The molecule has 10 heteroatoms. The number of aromatic nitrogens is 3. The van der Waals surface area contributed by atoms with E-state index in [9.17, 15) is 10.4 Å². The van der Waals surface area contributed by atoms with Crippen LogP contribution in [0.5, 0.6) is 11.6 Å². The fraction of sp³-hybridized carbons (Fsp3) is 0.486. The maximum atomic E-state index is 10.2. The maximum Gasteiger partial charge on any atom is 0.212 e. The molecule has 3 aromatic heterocycles. The second kappa shape index (κ2) is 12.5. The van der Waals surface area contributed by atoms with E-state index in [1.54, 1.807) is 17.8 Å². The summed E-state index contributed by atoms with van der Waals surface area (Å²) in [7, 11) is 1.65. The van der Waals surface area contributed by atoms with Crippen molar-refractivity contribution in [2.24, 2.45) is 5.41 Å². The lowest BCUT2D eigenvalue weighted by Crippen LogP contribution is -2.59. The van der Waals surface area contributed by atoms with Gasteiger partial charge in [-0.15, -0.1) is 0 Å². The molecule has 4 aromatic rings. The Morgan fingerprint density at radius 2 is 1.79 bits per heavy atom. The van der Waals surface area contributed by atoms with Crippen molar-refractivity contribution in [2.75, 3.05) is 51.3 Å². The minimum Gasteiger partial charge on any atom is -0.491 e. The van der Waals surface area contributed by atoms with E-state index in [0.717, 1.165) is 74.5 Å². The van der Waals surface area contributed by atoms with Crippen molar-refractivity contribution in [3.63, 3.8) is 0 Å². The van der Waals surface area contributed by atoms with Gasteiger partial charge in [0.2, 0.25) is 5.88 Å². The number of methoxy groups -OCH3 is 1. The second-order valence-corrected chi connectivity index (χ2v) is 14.0. The van der Waals surface area contributed by atoms with Crippen LogP contribution in [0.3, 0.4) is 0 Å². The van der Waals surface area contributed by atoms with Gasteiger partial charge in [0.25, 0.3) is 0 Å². The lowest BCUT2D eigenvalue weighted by Gasteiger charge is -2.54. The Kier molecular flexibility index (Phi) is 8.00. The van der Waals surface area contributed by atoms with Crippen LogP contribution in [-0.2, 0) is 6.54 Å². The van der Waals surface area contributed by atoms with Crippen LogP contribution in [-0.4, -0.2) is 94.1 Å². The summed E-state index contributed by atoms with van der Waals surface area (Å²) in [6, 6.07) is 18.1. The van der Waals surface area contributed by atoms with Crippen LogP contribution in [0.2, 0.25) is 0 Å². The number of likely N-dealkylation sites (tertiary alicyclic amines) is 1. The van der Waals surface area contributed by atoms with Crippen molar-refractivity contribution in [3.8, 4) is 28.8 Å². The SMILES string of the molecule is COc1ccc(CN2CC3(CCN(c4ccc(-c5cc(OCCN6[C@@H]7CC[C@H]6CC(O)C7)cn6ncc(C#N)c56)cc4)CC3)C2)cn1. The summed E-state index contributed by atoms with van der Waals surface area (Å²) < 4.78 is 13.3. The summed E-state index contributed by atoms with van der Waals surface area (Å²) in [4.78, 5) is 11.9. The highest BCUT2D eigenvalue weighted by Crippen LogP contribution is 2.42. The first-order valence-electron chi connectivity index (χ1n) is 17.0. The van der Waals surface area contributed by atoms with Gasteiger partial charge in [-0.2, -0.15) is 10.4 Å². The molecule has 0 aliphatic carbocycles. The molecule has 1 spiro atoms. The molecule has 7 heterocycles. The van der Waals surface area contributed by atoms with Crippen molar-refractivity contribution in [3.05, 3.63) is 72.2 Å². The van der Waals surface area contributed by atoms with Gasteiger partial charge >= 0.3 is 0 Å². The Labute approximate surface area is 276 Å². The molecule has 4 aliphatic rings. The number of nitriles is 1. The normalized spacial score (nSPS) is 23.9. The molecule has 1 unspecified atom stereocenters. The summed E-state index contributed by atoms with van der Waals surface area (Å²) in [5, 5.41) is 24.5.